The molecule has 7 heteroatoms. The normalized spacial score (nSPS) is 27.8. The highest BCUT2D eigenvalue weighted by molar-refractivity contribution is 7.89. The molecule has 2 saturated heterocycles. The first-order valence-corrected chi connectivity index (χ1v) is 8.92. The van der Waals surface area contributed by atoms with Crippen LogP contribution in [-0.2, 0) is 16.6 Å². The molecule has 106 valence electrons. The van der Waals surface area contributed by atoms with Crippen LogP contribution in [-0.4, -0.2) is 43.6 Å². The van der Waals surface area contributed by atoms with Gasteiger partial charge in [0.05, 0.1) is 11.5 Å². The molecule has 0 saturated carbocycles. The minimum Gasteiger partial charge on any atom is -0.391 e. The molecule has 2 fully saturated rings. The van der Waals surface area contributed by atoms with Crippen LogP contribution in [0.1, 0.15) is 24.1 Å². The van der Waals surface area contributed by atoms with Crippen molar-refractivity contribution in [3.8, 4) is 0 Å². The molecule has 2 N–H and O–H groups in total. The van der Waals surface area contributed by atoms with E-state index in [0.717, 1.165) is 32.4 Å². The fourth-order valence-electron chi connectivity index (χ4n) is 3.17. The SMILES string of the molecule is O=S(=O)(NC1CCN2CCCC12)c1ccsc1CO. The van der Waals surface area contributed by atoms with Crippen molar-refractivity contribution in [2.24, 2.45) is 0 Å². The summed E-state index contributed by atoms with van der Waals surface area (Å²) in [5, 5.41) is 10.9. The lowest BCUT2D eigenvalue weighted by Gasteiger charge is -2.21. The molecule has 3 rings (SSSR count). The molecule has 0 radical (unpaired) electrons. The van der Waals surface area contributed by atoms with Gasteiger partial charge in [-0.3, -0.25) is 4.90 Å². The Morgan fingerprint density at radius 1 is 1.42 bits per heavy atom. The maximum atomic E-state index is 12.4. The molecule has 0 aliphatic carbocycles. The van der Waals surface area contributed by atoms with Crippen molar-refractivity contribution in [3.05, 3.63) is 16.3 Å². The van der Waals surface area contributed by atoms with Gasteiger partial charge in [0, 0.05) is 23.5 Å². The van der Waals surface area contributed by atoms with E-state index in [-0.39, 0.29) is 17.5 Å². The summed E-state index contributed by atoms with van der Waals surface area (Å²) in [5.41, 5.74) is 0. The summed E-state index contributed by atoms with van der Waals surface area (Å²) in [6.45, 7) is 1.84. The Morgan fingerprint density at radius 2 is 2.26 bits per heavy atom. The van der Waals surface area contributed by atoms with E-state index < -0.39 is 10.0 Å². The van der Waals surface area contributed by atoms with Gasteiger partial charge < -0.3 is 5.11 Å². The van der Waals surface area contributed by atoms with Crippen LogP contribution < -0.4 is 4.72 Å². The molecule has 2 aliphatic heterocycles. The molecular formula is C12H18N2O3S2. The predicted octanol–water partition coefficient (Wildman–Crippen LogP) is 0.755. The third-order valence-corrected chi connectivity index (χ3v) is 6.66. The van der Waals surface area contributed by atoms with Crippen molar-refractivity contribution >= 4 is 21.4 Å². The van der Waals surface area contributed by atoms with Crippen molar-refractivity contribution in [2.75, 3.05) is 13.1 Å². The van der Waals surface area contributed by atoms with Crippen LogP contribution in [0.15, 0.2) is 16.3 Å². The number of nitrogens with one attached hydrogen (secondary N) is 1. The highest BCUT2D eigenvalue weighted by Gasteiger charge is 2.39. The second-order valence-electron chi connectivity index (χ2n) is 5.13. The van der Waals surface area contributed by atoms with E-state index in [2.05, 4.69) is 9.62 Å². The van der Waals surface area contributed by atoms with Crippen LogP contribution in [0.25, 0.3) is 0 Å². The molecule has 2 atom stereocenters. The number of hydrogen-bond donors (Lipinski definition) is 2. The van der Waals surface area contributed by atoms with E-state index in [0.29, 0.717) is 10.9 Å². The van der Waals surface area contributed by atoms with Crippen molar-refractivity contribution in [1.82, 2.24) is 9.62 Å². The molecule has 19 heavy (non-hydrogen) atoms. The maximum Gasteiger partial charge on any atom is 0.242 e. The number of hydrogen-bond acceptors (Lipinski definition) is 5. The molecule has 0 spiro atoms. The lowest BCUT2D eigenvalue weighted by atomic mass is 10.1. The number of nitrogens with zero attached hydrogens (tertiary/aromatic N) is 1. The first kappa shape index (κ1) is 13.5. The number of fused-ring (bicyclic) bond motifs is 1. The zero-order chi connectivity index (χ0) is 13.5. The Morgan fingerprint density at radius 3 is 3.05 bits per heavy atom. The fraction of sp³-hybridized carbons (Fsp3) is 0.667. The fourth-order valence-corrected chi connectivity index (χ4v) is 5.76. The van der Waals surface area contributed by atoms with E-state index in [9.17, 15) is 13.5 Å². The van der Waals surface area contributed by atoms with Crippen molar-refractivity contribution in [1.29, 1.82) is 0 Å². The number of aliphatic hydroxyl groups is 1. The number of thiophene rings is 1. The monoisotopic (exact) mass is 302 g/mol. The molecule has 2 unspecified atom stereocenters. The van der Waals surface area contributed by atoms with E-state index in [4.69, 9.17) is 0 Å². The van der Waals surface area contributed by atoms with E-state index >= 15 is 0 Å². The van der Waals surface area contributed by atoms with Crippen LogP contribution in [0.3, 0.4) is 0 Å². The number of aliphatic hydroxyl groups excluding tert-OH is 1. The second-order valence-corrected chi connectivity index (χ2v) is 7.81. The lowest BCUT2D eigenvalue weighted by molar-refractivity contribution is 0.282. The maximum absolute atomic E-state index is 12.4. The average Bonchev–Trinajstić information content (AvgIpc) is 3.05. The van der Waals surface area contributed by atoms with Crippen LogP contribution in [0.2, 0.25) is 0 Å². The quantitative estimate of drug-likeness (QED) is 0.861. The zero-order valence-electron chi connectivity index (χ0n) is 10.6. The highest BCUT2D eigenvalue weighted by atomic mass is 32.2. The summed E-state index contributed by atoms with van der Waals surface area (Å²) in [5.74, 6) is 0. The summed E-state index contributed by atoms with van der Waals surface area (Å²) in [6, 6.07) is 1.94. The molecule has 5 nitrogen and oxygen atoms in total. The van der Waals surface area contributed by atoms with E-state index in [1.807, 2.05) is 0 Å². The van der Waals surface area contributed by atoms with Gasteiger partial charge in [0.2, 0.25) is 10.0 Å². The van der Waals surface area contributed by atoms with Gasteiger partial charge in [0.15, 0.2) is 0 Å². The third-order valence-electron chi connectivity index (χ3n) is 4.05. The average molecular weight is 302 g/mol. The molecule has 0 amide bonds. The predicted molar refractivity (Wildman–Crippen MR) is 73.6 cm³/mol. The molecule has 1 aromatic rings. The van der Waals surface area contributed by atoms with Crippen molar-refractivity contribution in [3.63, 3.8) is 0 Å². The first-order valence-electron chi connectivity index (χ1n) is 6.55. The van der Waals surface area contributed by atoms with Crippen LogP contribution in [0, 0.1) is 0 Å². The zero-order valence-corrected chi connectivity index (χ0v) is 12.2. The van der Waals surface area contributed by atoms with Gasteiger partial charge in [-0.15, -0.1) is 11.3 Å². The van der Waals surface area contributed by atoms with Crippen LogP contribution in [0.4, 0.5) is 0 Å². The Hall–Kier alpha value is -0.470. The van der Waals surface area contributed by atoms with Gasteiger partial charge in [0.25, 0.3) is 0 Å². The van der Waals surface area contributed by atoms with Gasteiger partial charge in [-0.25, -0.2) is 13.1 Å². The van der Waals surface area contributed by atoms with Gasteiger partial charge in [-0.1, -0.05) is 0 Å². The van der Waals surface area contributed by atoms with E-state index in [1.54, 1.807) is 11.4 Å². The van der Waals surface area contributed by atoms with Gasteiger partial charge in [-0.2, -0.15) is 0 Å². The molecule has 3 heterocycles. The second kappa shape index (κ2) is 5.14. The smallest absolute Gasteiger partial charge is 0.242 e. The largest absolute Gasteiger partial charge is 0.391 e. The summed E-state index contributed by atoms with van der Waals surface area (Å²) in [4.78, 5) is 3.11. The van der Waals surface area contributed by atoms with Crippen LogP contribution >= 0.6 is 11.3 Å². The van der Waals surface area contributed by atoms with Crippen molar-refractivity contribution < 1.29 is 13.5 Å². The van der Waals surface area contributed by atoms with Gasteiger partial charge in [-0.05, 0) is 37.3 Å². The summed E-state index contributed by atoms with van der Waals surface area (Å²) in [6.07, 6.45) is 3.11. The molecule has 0 bridgehead atoms. The van der Waals surface area contributed by atoms with Gasteiger partial charge >= 0.3 is 0 Å². The van der Waals surface area contributed by atoms with Gasteiger partial charge in [0.1, 0.15) is 0 Å². The number of sulfonamides is 1. The highest BCUT2D eigenvalue weighted by Crippen LogP contribution is 2.30. The Kier molecular flexibility index (Phi) is 3.65. The minimum atomic E-state index is -3.51. The van der Waals surface area contributed by atoms with Crippen LogP contribution in [0.5, 0.6) is 0 Å². The number of rotatable bonds is 4. The Balaban J connectivity index is 1.79. The first-order chi connectivity index (χ1) is 9.12. The molecular weight excluding hydrogens is 284 g/mol. The standard InChI is InChI=1S/C12H18N2O3S2/c15-8-11-12(4-7-18-11)19(16,17)13-9-3-6-14-5-1-2-10(9)14/h4,7,9-10,13,15H,1-3,5-6,8H2. The summed E-state index contributed by atoms with van der Waals surface area (Å²) >= 11 is 1.27. The summed E-state index contributed by atoms with van der Waals surface area (Å²) in [7, 11) is -3.51. The Labute approximate surface area is 117 Å². The minimum absolute atomic E-state index is 0.0129. The molecule has 1 aromatic heterocycles. The Bertz CT molecular complexity index is 555. The molecule has 0 aromatic carbocycles. The topological polar surface area (TPSA) is 69.6 Å². The van der Waals surface area contributed by atoms with Crippen molar-refractivity contribution in [2.45, 2.75) is 42.8 Å². The third kappa shape index (κ3) is 2.45. The summed E-state index contributed by atoms with van der Waals surface area (Å²) < 4.78 is 27.6. The lowest BCUT2D eigenvalue weighted by Crippen LogP contribution is -2.42. The molecule has 2 aliphatic rings. The van der Waals surface area contributed by atoms with E-state index in [1.165, 1.54) is 11.3 Å².